The normalized spacial score (nSPS) is 11.2. The van der Waals surface area contributed by atoms with Crippen LogP contribution >= 0.6 is 11.8 Å². The molecule has 0 aliphatic heterocycles. The monoisotopic (exact) mass is 383 g/mol. The van der Waals surface area contributed by atoms with Crippen molar-refractivity contribution in [3.63, 3.8) is 0 Å². The summed E-state index contributed by atoms with van der Waals surface area (Å²) in [7, 11) is 0. The number of hydrogen-bond acceptors (Lipinski definition) is 6. The van der Waals surface area contributed by atoms with Crippen molar-refractivity contribution in [3.8, 4) is 11.4 Å². The van der Waals surface area contributed by atoms with Gasteiger partial charge in [0.05, 0.1) is 12.0 Å². The molecule has 0 aliphatic carbocycles. The Labute approximate surface area is 161 Å². The SMILES string of the molecule is CCn1c(SCC(=O)N/N=C\c2ccc(C)o2)nnc1-c1ccc(C)cc1. The van der Waals surface area contributed by atoms with Crippen LogP contribution in [0.5, 0.6) is 0 Å². The van der Waals surface area contributed by atoms with E-state index in [0.717, 1.165) is 23.7 Å². The summed E-state index contributed by atoms with van der Waals surface area (Å²) < 4.78 is 7.35. The van der Waals surface area contributed by atoms with Gasteiger partial charge in [-0.15, -0.1) is 10.2 Å². The Bertz CT molecular complexity index is 943. The molecule has 1 amide bonds. The van der Waals surface area contributed by atoms with Gasteiger partial charge in [-0.3, -0.25) is 4.79 Å². The van der Waals surface area contributed by atoms with E-state index in [1.807, 2.05) is 55.7 Å². The fourth-order valence-electron chi connectivity index (χ4n) is 2.45. The molecular weight excluding hydrogens is 362 g/mol. The molecule has 0 aliphatic rings. The molecule has 8 heteroatoms. The van der Waals surface area contributed by atoms with Gasteiger partial charge in [-0.05, 0) is 32.9 Å². The minimum atomic E-state index is -0.220. The molecule has 2 heterocycles. The number of nitrogens with zero attached hydrogens (tertiary/aromatic N) is 4. The average molecular weight is 383 g/mol. The van der Waals surface area contributed by atoms with Crippen LogP contribution in [0.1, 0.15) is 24.0 Å². The summed E-state index contributed by atoms with van der Waals surface area (Å²) in [5.74, 6) is 2.16. The molecule has 1 N–H and O–H groups in total. The van der Waals surface area contributed by atoms with E-state index in [9.17, 15) is 4.79 Å². The minimum Gasteiger partial charge on any atom is -0.460 e. The fourth-order valence-corrected chi connectivity index (χ4v) is 3.24. The topological polar surface area (TPSA) is 85.3 Å². The van der Waals surface area contributed by atoms with Gasteiger partial charge in [0.2, 0.25) is 0 Å². The lowest BCUT2D eigenvalue weighted by molar-refractivity contribution is -0.118. The second kappa shape index (κ2) is 8.68. The van der Waals surface area contributed by atoms with Gasteiger partial charge in [-0.25, -0.2) is 5.43 Å². The van der Waals surface area contributed by atoms with E-state index in [0.29, 0.717) is 10.9 Å². The molecule has 0 radical (unpaired) electrons. The molecule has 3 aromatic rings. The van der Waals surface area contributed by atoms with E-state index in [2.05, 4.69) is 20.7 Å². The van der Waals surface area contributed by atoms with Gasteiger partial charge >= 0.3 is 0 Å². The van der Waals surface area contributed by atoms with Crippen molar-refractivity contribution in [2.45, 2.75) is 32.5 Å². The summed E-state index contributed by atoms with van der Waals surface area (Å²) in [6.45, 7) is 6.64. The average Bonchev–Trinajstić information content (AvgIpc) is 3.26. The van der Waals surface area contributed by atoms with Gasteiger partial charge in [0, 0.05) is 12.1 Å². The van der Waals surface area contributed by atoms with Crippen LogP contribution in [0.15, 0.2) is 51.1 Å². The number of carbonyl (C=O) groups excluding carboxylic acids is 1. The van der Waals surface area contributed by atoms with Gasteiger partial charge < -0.3 is 8.98 Å². The Morgan fingerprint density at radius 1 is 1.22 bits per heavy atom. The molecular formula is C19H21N5O2S. The first-order valence-electron chi connectivity index (χ1n) is 8.58. The molecule has 2 aromatic heterocycles. The maximum Gasteiger partial charge on any atom is 0.250 e. The zero-order chi connectivity index (χ0) is 19.2. The lowest BCUT2D eigenvalue weighted by Crippen LogP contribution is -2.20. The number of amides is 1. The lowest BCUT2D eigenvalue weighted by Gasteiger charge is -2.07. The zero-order valence-electron chi connectivity index (χ0n) is 15.5. The Morgan fingerprint density at radius 3 is 2.67 bits per heavy atom. The van der Waals surface area contributed by atoms with Crippen molar-refractivity contribution in [3.05, 3.63) is 53.5 Å². The highest BCUT2D eigenvalue weighted by molar-refractivity contribution is 7.99. The van der Waals surface area contributed by atoms with Crippen molar-refractivity contribution in [2.24, 2.45) is 5.10 Å². The second-order valence-corrected chi connectivity index (χ2v) is 6.89. The highest BCUT2D eigenvalue weighted by Crippen LogP contribution is 2.24. The standard InChI is InChI=1S/C19H21N5O2S/c1-4-24-18(15-8-5-13(2)6-9-15)22-23-19(24)27-12-17(25)21-20-11-16-10-7-14(3)26-16/h5-11H,4,12H2,1-3H3,(H,21,25)/b20-11-. The molecule has 3 rings (SSSR count). The first-order chi connectivity index (χ1) is 13.1. The number of nitrogens with one attached hydrogen (secondary N) is 1. The number of carbonyl (C=O) groups is 1. The molecule has 0 unspecified atom stereocenters. The molecule has 0 saturated carbocycles. The van der Waals surface area contributed by atoms with E-state index in [-0.39, 0.29) is 11.7 Å². The number of benzene rings is 1. The molecule has 0 bridgehead atoms. The van der Waals surface area contributed by atoms with Crippen LogP contribution in [-0.2, 0) is 11.3 Å². The fraction of sp³-hybridized carbons (Fsp3) is 0.263. The number of aromatic nitrogens is 3. The summed E-state index contributed by atoms with van der Waals surface area (Å²) in [6, 6.07) is 11.8. The predicted molar refractivity (Wildman–Crippen MR) is 106 cm³/mol. The van der Waals surface area contributed by atoms with Crippen molar-refractivity contribution < 1.29 is 9.21 Å². The van der Waals surface area contributed by atoms with Crippen LogP contribution < -0.4 is 5.43 Å². The summed E-state index contributed by atoms with van der Waals surface area (Å²) >= 11 is 1.33. The van der Waals surface area contributed by atoms with Crippen molar-refractivity contribution in [1.82, 2.24) is 20.2 Å². The second-order valence-electron chi connectivity index (χ2n) is 5.95. The Balaban J connectivity index is 1.59. The van der Waals surface area contributed by atoms with Crippen LogP contribution in [0.3, 0.4) is 0 Å². The number of hydrogen-bond donors (Lipinski definition) is 1. The molecule has 0 atom stereocenters. The molecule has 7 nitrogen and oxygen atoms in total. The predicted octanol–water partition coefficient (Wildman–Crippen LogP) is 3.42. The number of thioether (sulfide) groups is 1. The third-order valence-electron chi connectivity index (χ3n) is 3.82. The van der Waals surface area contributed by atoms with Gasteiger partial charge in [-0.2, -0.15) is 5.10 Å². The highest BCUT2D eigenvalue weighted by atomic mass is 32.2. The third kappa shape index (κ3) is 4.85. The molecule has 0 spiro atoms. The molecule has 140 valence electrons. The van der Waals surface area contributed by atoms with Gasteiger partial charge in [-0.1, -0.05) is 41.6 Å². The largest absolute Gasteiger partial charge is 0.460 e. The third-order valence-corrected chi connectivity index (χ3v) is 4.78. The van der Waals surface area contributed by atoms with Crippen molar-refractivity contribution in [1.29, 1.82) is 0 Å². The molecule has 1 aromatic carbocycles. The Kier molecular flexibility index (Phi) is 6.08. The maximum atomic E-state index is 12.0. The van der Waals surface area contributed by atoms with Crippen molar-refractivity contribution >= 4 is 23.9 Å². The van der Waals surface area contributed by atoms with Crippen LogP contribution in [0.2, 0.25) is 0 Å². The summed E-state index contributed by atoms with van der Waals surface area (Å²) in [5, 5.41) is 13.1. The number of furan rings is 1. The van der Waals surface area contributed by atoms with E-state index in [1.165, 1.54) is 23.5 Å². The molecule has 27 heavy (non-hydrogen) atoms. The first kappa shape index (κ1) is 18.9. The van der Waals surface area contributed by atoms with E-state index >= 15 is 0 Å². The van der Waals surface area contributed by atoms with Crippen LogP contribution in [0.4, 0.5) is 0 Å². The van der Waals surface area contributed by atoms with Crippen molar-refractivity contribution in [2.75, 3.05) is 5.75 Å². The number of hydrazone groups is 1. The summed E-state index contributed by atoms with van der Waals surface area (Å²) in [4.78, 5) is 12.0. The minimum absolute atomic E-state index is 0.195. The van der Waals surface area contributed by atoms with Crippen LogP contribution in [0, 0.1) is 13.8 Å². The van der Waals surface area contributed by atoms with Gasteiger partial charge in [0.15, 0.2) is 11.0 Å². The van der Waals surface area contributed by atoms with Crippen LogP contribution in [0.25, 0.3) is 11.4 Å². The number of rotatable bonds is 7. The maximum absolute atomic E-state index is 12.0. The first-order valence-corrected chi connectivity index (χ1v) is 9.56. The smallest absolute Gasteiger partial charge is 0.250 e. The van der Waals surface area contributed by atoms with E-state index in [4.69, 9.17) is 4.42 Å². The Hall–Kier alpha value is -2.87. The number of aryl methyl sites for hydroxylation is 2. The molecule has 0 saturated heterocycles. The van der Waals surface area contributed by atoms with Gasteiger partial charge in [0.25, 0.3) is 5.91 Å². The summed E-state index contributed by atoms with van der Waals surface area (Å²) in [6.07, 6.45) is 1.47. The zero-order valence-corrected chi connectivity index (χ0v) is 16.3. The quantitative estimate of drug-likeness (QED) is 0.384. The summed E-state index contributed by atoms with van der Waals surface area (Å²) in [5.41, 5.74) is 4.68. The highest BCUT2D eigenvalue weighted by Gasteiger charge is 2.14. The van der Waals surface area contributed by atoms with Gasteiger partial charge in [0.1, 0.15) is 11.5 Å². The van der Waals surface area contributed by atoms with E-state index < -0.39 is 0 Å². The Morgan fingerprint density at radius 2 is 2.00 bits per heavy atom. The van der Waals surface area contributed by atoms with E-state index in [1.54, 1.807) is 6.07 Å². The lowest BCUT2D eigenvalue weighted by atomic mass is 10.1. The van der Waals surface area contributed by atoms with Crippen LogP contribution in [-0.4, -0.2) is 32.6 Å². The molecule has 0 fully saturated rings.